The van der Waals surface area contributed by atoms with E-state index in [2.05, 4.69) is 16.7 Å². The lowest BCUT2D eigenvalue weighted by molar-refractivity contribution is -0.175. The van der Waals surface area contributed by atoms with Gasteiger partial charge >= 0.3 is 12.1 Å². The quantitative estimate of drug-likeness (QED) is 0.496. The third-order valence-corrected chi connectivity index (χ3v) is 8.24. The fourth-order valence-electron chi connectivity index (χ4n) is 5.75. The molecule has 1 aromatic rings. The van der Waals surface area contributed by atoms with Crippen LogP contribution in [0.4, 0.5) is 18.9 Å². The van der Waals surface area contributed by atoms with Crippen molar-refractivity contribution in [3.05, 3.63) is 29.8 Å². The molecule has 0 aromatic heterocycles. The summed E-state index contributed by atoms with van der Waals surface area (Å²) in [4.78, 5) is 53.0. The van der Waals surface area contributed by atoms with Crippen LogP contribution in [0.15, 0.2) is 24.3 Å². The van der Waals surface area contributed by atoms with Gasteiger partial charge in [0, 0.05) is 18.7 Å². The van der Waals surface area contributed by atoms with E-state index in [1.165, 1.54) is 4.90 Å². The standard InChI is InChI=1S/C26H28F3N5O4/c27-26(28,29)24(38)33-20(15-4-3-5-15)21(35)31-19(10-14-8-9-14)22(36)34-13-25(11-16(34)12-30)17-6-1-2-7-18(17)32-23(25)37/h1-2,6-7,14-16,19-20H,3-5,8-11,13H2,(H,31,35)(H,32,37)(H,33,38)/t16-,19-,20-,25-/m0/s1. The fraction of sp³-hybridized carbons (Fsp3) is 0.577. The first kappa shape index (κ1) is 26.0. The van der Waals surface area contributed by atoms with Crippen molar-refractivity contribution in [3.63, 3.8) is 0 Å². The van der Waals surface area contributed by atoms with Crippen LogP contribution >= 0.6 is 0 Å². The summed E-state index contributed by atoms with van der Waals surface area (Å²) in [6.07, 6.45) is -1.41. The first-order valence-corrected chi connectivity index (χ1v) is 12.8. The van der Waals surface area contributed by atoms with E-state index in [1.54, 1.807) is 24.3 Å². The molecular formula is C26H28F3N5O4. The van der Waals surface area contributed by atoms with Crippen LogP contribution in [-0.4, -0.2) is 59.4 Å². The molecule has 1 saturated heterocycles. The van der Waals surface area contributed by atoms with E-state index in [1.807, 2.05) is 5.32 Å². The number of benzene rings is 1. The largest absolute Gasteiger partial charge is 0.471 e. The maximum atomic E-state index is 13.8. The van der Waals surface area contributed by atoms with Gasteiger partial charge in [-0.15, -0.1) is 0 Å². The lowest BCUT2D eigenvalue weighted by atomic mass is 9.79. The van der Waals surface area contributed by atoms with Gasteiger partial charge in [0.2, 0.25) is 17.7 Å². The van der Waals surface area contributed by atoms with Crippen molar-refractivity contribution in [2.24, 2.45) is 11.8 Å². The summed E-state index contributed by atoms with van der Waals surface area (Å²) in [5.41, 5.74) is 0.217. The van der Waals surface area contributed by atoms with Crippen molar-refractivity contribution in [1.82, 2.24) is 15.5 Å². The number of alkyl halides is 3. The number of nitrogens with one attached hydrogen (secondary N) is 3. The van der Waals surface area contributed by atoms with Crippen LogP contribution in [0.2, 0.25) is 0 Å². The second-order valence-corrected chi connectivity index (χ2v) is 10.8. The summed E-state index contributed by atoms with van der Waals surface area (Å²) in [6.45, 7) is -0.0548. The highest BCUT2D eigenvalue weighted by Crippen LogP contribution is 2.46. The number of para-hydroxylation sites is 1. The fourth-order valence-corrected chi connectivity index (χ4v) is 5.75. The second kappa shape index (κ2) is 9.60. The second-order valence-electron chi connectivity index (χ2n) is 10.8. The van der Waals surface area contributed by atoms with Gasteiger partial charge in [-0.2, -0.15) is 18.4 Å². The Labute approximate surface area is 217 Å². The summed E-state index contributed by atoms with van der Waals surface area (Å²) in [5.74, 6) is -4.22. The van der Waals surface area contributed by atoms with Crippen molar-refractivity contribution >= 4 is 29.3 Å². The molecule has 5 rings (SSSR count). The number of nitrogens with zero attached hydrogens (tertiary/aromatic N) is 2. The van der Waals surface area contributed by atoms with Gasteiger partial charge in [0.05, 0.1) is 11.5 Å². The molecule has 202 valence electrons. The molecule has 38 heavy (non-hydrogen) atoms. The van der Waals surface area contributed by atoms with Crippen molar-refractivity contribution in [1.29, 1.82) is 5.26 Å². The molecule has 0 radical (unpaired) electrons. The predicted octanol–water partition coefficient (Wildman–Crippen LogP) is 2.13. The van der Waals surface area contributed by atoms with Crippen LogP contribution in [-0.2, 0) is 24.6 Å². The first-order chi connectivity index (χ1) is 18.0. The normalized spacial score (nSPS) is 26.1. The molecule has 12 heteroatoms. The molecule has 9 nitrogen and oxygen atoms in total. The number of fused-ring (bicyclic) bond motifs is 2. The van der Waals surface area contributed by atoms with Crippen LogP contribution < -0.4 is 16.0 Å². The zero-order valence-electron chi connectivity index (χ0n) is 20.5. The average Bonchev–Trinajstić information content (AvgIpc) is 3.50. The Hall–Kier alpha value is -3.62. The number of hydrogen-bond acceptors (Lipinski definition) is 5. The highest BCUT2D eigenvalue weighted by Gasteiger charge is 2.56. The number of rotatable bonds is 7. The smallest absolute Gasteiger partial charge is 0.342 e. The molecule has 2 aliphatic carbocycles. The molecule has 2 heterocycles. The van der Waals surface area contributed by atoms with Crippen LogP contribution in [0.5, 0.6) is 0 Å². The lowest BCUT2D eigenvalue weighted by Gasteiger charge is -2.35. The number of nitriles is 1. The van der Waals surface area contributed by atoms with Gasteiger partial charge in [-0.05, 0) is 42.7 Å². The number of carbonyl (C=O) groups is 4. The van der Waals surface area contributed by atoms with E-state index >= 15 is 0 Å². The van der Waals surface area contributed by atoms with Crippen LogP contribution in [0, 0.1) is 23.2 Å². The Balaban J connectivity index is 1.37. The van der Waals surface area contributed by atoms with Crippen LogP contribution in [0.3, 0.4) is 0 Å². The lowest BCUT2D eigenvalue weighted by Crippen LogP contribution is -2.59. The molecule has 0 unspecified atom stereocenters. The number of hydrogen-bond donors (Lipinski definition) is 3. The monoisotopic (exact) mass is 531 g/mol. The van der Waals surface area contributed by atoms with Gasteiger partial charge in [0.15, 0.2) is 0 Å². The number of halogens is 3. The Morgan fingerprint density at radius 2 is 1.87 bits per heavy atom. The zero-order valence-corrected chi connectivity index (χ0v) is 20.5. The Bertz CT molecular complexity index is 1210. The molecule has 3 N–H and O–H groups in total. The summed E-state index contributed by atoms with van der Waals surface area (Å²) < 4.78 is 38.8. The van der Waals surface area contributed by atoms with Crippen molar-refractivity contribution in [2.45, 2.75) is 74.7 Å². The van der Waals surface area contributed by atoms with Gasteiger partial charge in [-0.3, -0.25) is 19.2 Å². The average molecular weight is 532 g/mol. The van der Waals surface area contributed by atoms with Gasteiger partial charge < -0.3 is 20.9 Å². The molecule has 3 fully saturated rings. The minimum Gasteiger partial charge on any atom is -0.342 e. The molecule has 4 aliphatic rings. The number of likely N-dealkylation sites (tertiary alicyclic amines) is 1. The number of carbonyl (C=O) groups excluding carboxylic acids is 4. The van der Waals surface area contributed by atoms with Gasteiger partial charge in [0.25, 0.3) is 0 Å². The van der Waals surface area contributed by atoms with E-state index in [0.717, 1.165) is 19.3 Å². The molecule has 1 aromatic carbocycles. The number of amides is 4. The van der Waals surface area contributed by atoms with E-state index in [0.29, 0.717) is 24.1 Å². The Morgan fingerprint density at radius 1 is 1.16 bits per heavy atom. The van der Waals surface area contributed by atoms with Crippen LogP contribution in [0.1, 0.15) is 50.5 Å². The highest BCUT2D eigenvalue weighted by atomic mass is 19.4. The molecular weight excluding hydrogens is 503 g/mol. The van der Waals surface area contributed by atoms with Crippen LogP contribution in [0.25, 0.3) is 0 Å². The van der Waals surface area contributed by atoms with E-state index in [-0.39, 0.29) is 31.2 Å². The van der Waals surface area contributed by atoms with E-state index in [4.69, 9.17) is 0 Å². The van der Waals surface area contributed by atoms with Crippen molar-refractivity contribution < 1.29 is 32.3 Å². The van der Waals surface area contributed by atoms with E-state index < -0.39 is 53.4 Å². The minimum atomic E-state index is -5.15. The Morgan fingerprint density at radius 3 is 2.47 bits per heavy atom. The molecule has 0 bridgehead atoms. The number of anilines is 1. The third-order valence-electron chi connectivity index (χ3n) is 8.24. The highest BCUT2D eigenvalue weighted by molar-refractivity contribution is 6.07. The van der Waals surface area contributed by atoms with Gasteiger partial charge in [0.1, 0.15) is 18.1 Å². The zero-order chi connectivity index (χ0) is 27.2. The van der Waals surface area contributed by atoms with Gasteiger partial charge in [-0.25, -0.2) is 0 Å². The summed E-state index contributed by atoms with van der Waals surface area (Å²) >= 11 is 0. The topological polar surface area (TPSA) is 131 Å². The van der Waals surface area contributed by atoms with Gasteiger partial charge in [-0.1, -0.05) is 37.5 Å². The SMILES string of the molecule is N#C[C@@H]1C[C@@]2(CN1C(=O)[C@H](CC1CC1)NC(=O)[C@@H](NC(=O)C(F)(F)F)C1CCC1)C(=O)Nc1ccccc12. The summed E-state index contributed by atoms with van der Waals surface area (Å²) in [6, 6.07) is 5.75. The maximum absolute atomic E-state index is 13.8. The molecule has 2 aliphatic heterocycles. The Kier molecular flexibility index (Phi) is 6.57. The maximum Gasteiger partial charge on any atom is 0.471 e. The van der Waals surface area contributed by atoms with E-state index in [9.17, 15) is 37.6 Å². The first-order valence-electron chi connectivity index (χ1n) is 12.8. The third kappa shape index (κ3) is 4.70. The predicted molar refractivity (Wildman–Crippen MR) is 127 cm³/mol. The summed E-state index contributed by atoms with van der Waals surface area (Å²) in [5, 5.41) is 17.1. The summed E-state index contributed by atoms with van der Waals surface area (Å²) in [7, 11) is 0. The van der Waals surface area contributed by atoms with Crippen molar-refractivity contribution in [3.8, 4) is 6.07 Å². The molecule has 1 spiro atoms. The molecule has 2 saturated carbocycles. The van der Waals surface area contributed by atoms with Crippen molar-refractivity contribution in [2.75, 3.05) is 11.9 Å². The molecule has 4 atom stereocenters. The minimum absolute atomic E-state index is 0.0548. The molecule has 4 amide bonds.